The van der Waals surface area contributed by atoms with Gasteiger partial charge in [-0.25, -0.2) is 0 Å². The maximum Gasteiger partial charge on any atom is 0.232 e. The fourth-order valence-corrected chi connectivity index (χ4v) is 2.40. The Morgan fingerprint density at radius 3 is 2.48 bits per heavy atom. The number of nitrogens with zero attached hydrogens (tertiary/aromatic N) is 3. The lowest BCUT2D eigenvalue weighted by Gasteiger charge is -2.29. The Morgan fingerprint density at radius 2 is 1.95 bits per heavy atom. The number of carbonyl (C=O) groups excluding carboxylic acids is 1. The van der Waals surface area contributed by atoms with Crippen LogP contribution in [0.3, 0.4) is 0 Å². The number of nitrogen functional groups attached to an aromatic ring is 1. The van der Waals surface area contributed by atoms with E-state index in [1.807, 2.05) is 58.4 Å². The van der Waals surface area contributed by atoms with Crippen LogP contribution in [0.4, 0.5) is 5.69 Å². The first-order valence-corrected chi connectivity index (χ1v) is 6.90. The van der Waals surface area contributed by atoms with E-state index in [9.17, 15) is 4.79 Å². The van der Waals surface area contributed by atoms with Gasteiger partial charge in [0.2, 0.25) is 5.91 Å². The van der Waals surface area contributed by atoms with E-state index in [-0.39, 0.29) is 5.91 Å². The lowest BCUT2D eigenvalue weighted by molar-refractivity contribution is -0.135. The van der Waals surface area contributed by atoms with E-state index in [0.29, 0.717) is 12.2 Å². The lowest BCUT2D eigenvalue weighted by Crippen LogP contribution is -2.40. The number of aromatic nitrogens is 2. The smallest absolute Gasteiger partial charge is 0.232 e. The Morgan fingerprint density at radius 1 is 1.33 bits per heavy atom. The van der Waals surface area contributed by atoms with Gasteiger partial charge in [-0.15, -0.1) is 0 Å². The zero-order valence-corrected chi connectivity index (χ0v) is 13.0. The minimum absolute atomic E-state index is 0.0659. The molecule has 0 atom stereocenters. The predicted octanol–water partition coefficient (Wildman–Crippen LogP) is 1.94. The van der Waals surface area contributed by atoms with Gasteiger partial charge in [-0.2, -0.15) is 5.10 Å². The van der Waals surface area contributed by atoms with Crippen LogP contribution in [-0.2, 0) is 23.8 Å². The van der Waals surface area contributed by atoms with Crippen molar-refractivity contribution in [2.24, 2.45) is 7.05 Å². The number of benzene rings is 1. The van der Waals surface area contributed by atoms with E-state index >= 15 is 0 Å². The van der Waals surface area contributed by atoms with Crippen LogP contribution in [0.5, 0.6) is 0 Å². The van der Waals surface area contributed by atoms with E-state index in [2.05, 4.69) is 5.10 Å². The minimum atomic E-state index is -0.593. The van der Waals surface area contributed by atoms with Crippen LogP contribution in [0, 0.1) is 0 Å². The molecule has 0 radical (unpaired) electrons. The molecular formula is C16H22N4O. The molecule has 0 unspecified atom stereocenters. The van der Waals surface area contributed by atoms with Crippen molar-refractivity contribution in [3.63, 3.8) is 0 Å². The Hall–Kier alpha value is -2.30. The molecule has 1 aromatic heterocycles. The van der Waals surface area contributed by atoms with E-state index < -0.39 is 5.41 Å². The molecule has 1 amide bonds. The predicted molar refractivity (Wildman–Crippen MR) is 83.6 cm³/mol. The number of hydrogen-bond acceptors (Lipinski definition) is 3. The number of amides is 1. The summed E-state index contributed by atoms with van der Waals surface area (Å²) in [6.45, 7) is 4.41. The van der Waals surface area contributed by atoms with Gasteiger partial charge in [0.15, 0.2) is 0 Å². The molecular weight excluding hydrogens is 264 g/mol. The van der Waals surface area contributed by atoms with Gasteiger partial charge in [-0.1, -0.05) is 12.1 Å². The highest BCUT2D eigenvalue weighted by Crippen LogP contribution is 2.26. The number of aryl methyl sites for hydroxylation is 1. The van der Waals surface area contributed by atoms with Crippen LogP contribution < -0.4 is 5.73 Å². The summed E-state index contributed by atoms with van der Waals surface area (Å²) in [5, 5.41) is 4.12. The Labute approximate surface area is 125 Å². The van der Waals surface area contributed by atoms with Crippen molar-refractivity contribution in [3.05, 3.63) is 47.8 Å². The number of hydrogen-bond donors (Lipinski definition) is 1. The maximum atomic E-state index is 12.7. The summed E-state index contributed by atoms with van der Waals surface area (Å²) in [5.74, 6) is 0.0659. The number of nitrogens with two attached hydrogens (primary N) is 1. The summed E-state index contributed by atoms with van der Waals surface area (Å²) < 4.78 is 1.73. The minimum Gasteiger partial charge on any atom is -0.399 e. The van der Waals surface area contributed by atoms with Crippen LogP contribution in [0.2, 0.25) is 0 Å². The zero-order chi connectivity index (χ0) is 15.6. The Balaban J connectivity index is 2.15. The molecule has 0 saturated carbocycles. The van der Waals surface area contributed by atoms with Gasteiger partial charge >= 0.3 is 0 Å². The molecule has 0 saturated heterocycles. The molecule has 1 aromatic carbocycles. The number of likely N-dealkylation sites (N-methyl/N-ethyl adjacent to an activating group) is 1. The van der Waals surface area contributed by atoms with Crippen LogP contribution in [-0.4, -0.2) is 27.6 Å². The van der Waals surface area contributed by atoms with Gasteiger partial charge in [0, 0.05) is 38.1 Å². The highest BCUT2D eigenvalue weighted by Gasteiger charge is 2.32. The molecule has 0 fully saturated rings. The molecule has 2 rings (SSSR count). The van der Waals surface area contributed by atoms with Crippen LogP contribution in [0.15, 0.2) is 36.7 Å². The standard InChI is InChI=1S/C16H22N4O/c1-16(2,13-5-7-14(17)8-6-13)15(21)19(3)10-12-9-18-20(4)11-12/h5-9,11H,10,17H2,1-4H3. The fourth-order valence-electron chi connectivity index (χ4n) is 2.40. The lowest BCUT2D eigenvalue weighted by atomic mass is 9.83. The molecule has 0 aliphatic heterocycles. The van der Waals surface area contributed by atoms with E-state index in [1.165, 1.54) is 0 Å². The maximum absolute atomic E-state index is 12.7. The molecule has 21 heavy (non-hydrogen) atoms. The SMILES string of the molecule is CN(Cc1cnn(C)c1)C(=O)C(C)(C)c1ccc(N)cc1. The monoisotopic (exact) mass is 286 g/mol. The van der Waals surface area contributed by atoms with Gasteiger partial charge < -0.3 is 10.6 Å². The summed E-state index contributed by atoms with van der Waals surface area (Å²) in [6, 6.07) is 7.47. The Bertz CT molecular complexity index is 628. The fraction of sp³-hybridized carbons (Fsp3) is 0.375. The number of rotatable bonds is 4. The number of carbonyl (C=O) groups is 1. The summed E-state index contributed by atoms with van der Waals surface area (Å²) in [6.07, 6.45) is 3.69. The van der Waals surface area contributed by atoms with E-state index in [4.69, 9.17) is 5.73 Å². The van der Waals surface area contributed by atoms with Crippen molar-refractivity contribution in [3.8, 4) is 0 Å². The molecule has 2 N–H and O–H groups in total. The van der Waals surface area contributed by atoms with Crippen molar-refractivity contribution >= 4 is 11.6 Å². The first-order chi connectivity index (χ1) is 9.80. The average Bonchev–Trinajstić information content (AvgIpc) is 2.83. The molecule has 0 aliphatic carbocycles. The second-order valence-electron chi connectivity index (χ2n) is 5.93. The molecule has 2 aromatic rings. The Kier molecular flexibility index (Phi) is 4.02. The van der Waals surface area contributed by atoms with Crippen molar-refractivity contribution in [1.82, 2.24) is 14.7 Å². The largest absolute Gasteiger partial charge is 0.399 e. The van der Waals surface area contributed by atoms with Crippen LogP contribution in [0.1, 0.15) is 25.0 Å². The summed E-state index contributed by atoms with van der Waals surface area (Å²) in [5.41, 5.74) is 7.79. The summed E-state index contributed by atoms with van der Waals surface area (Å²) in [4.78, 5) is 14.5. The highest BCUT2D eigenvalue weighted by atomic mass is 16.2. The molecule has 5 heteroatoms. The number of anilines is 1. The van der Waals surface area contributed by atoms with Crippen molar-refractivity contribution in [1.29, 1.82) is 0 Å². The van der Waals surface area contributed by atoms with Gasteiger partial charge in [0.25, 0.3) is 0 Å². The normalized spacial score (nSPS) is 11.4. The molecule has 5 nitrogen and oxygen atoms in total. The average molecular weight is 286 g/mol. The third-order valence-corrected chi connectivity index (χ3v) is 3.69. The first-order valence-electron chi connectivity index (χ1n) is 6.90. The molecule has 1 heterocycles. The molecule has 0 aliphatic rings. The van der Waals surface area contributed by atoms with Crippen molar-refractivity contribution in [2.45, 2.75) is 25.8 Å². The van der Waals surface area contributed by atoms with Crippen molar-refractivity contribution in [2.75, 3.05) is 12.8 Å². The first kappa shape index (κ1) is 15.1. The van der Waals surface area contributed by atoms with Gasteiger partial charge in [-0.3, -0.25) is 9.48 Å². The topological polar surface area (TPSA) is 64.2 Å². The molecule has 0 bridgehead atoms. The third kappa shape index (κ3) is 3.24. The summed E-state index contributed by atoms with van der Waals surface area (Å²) in [7, 11) is 3.68. The van der Waals surface area contributed by atoms with Gasteiger partial charge in [-0.05, 0) is 31.5 Å². The second-order valence-corrected chi connectivity index (χ2v) is 5.93. The molecule has 112 valence electrons. The van der Waals surface area contributed by atoms with Crippen LogP contribution >= 0.6 is 0 Å². The van der Waals surface area contributed by atoms with Crippen LogP contribution in [0.25, 0.3) is 0 Å². The van der Waals surface area contributed by atoms with Gasteiger partial charge in [0.1, 0.15) is 0 Å². The summed E-state index contributed by atoms with van der Waals surface area (Å²) >= 11 is 0. The third-order valence-electron chi connectivity index (χ3n) is 3.69. The van der Waals surface area contributed by atoms with Gasteiger partial charge in [0.05, 0.1) is 11.6 Å². The van der Waals surface area contributed by atoms with E-state index in [0.717, 1.165) is 11.1 Å². The van der Waals surface area contributed by atoms with E-state index in [1.54, 1.807) is 15.8 Å². The zero-order valence-electron chi connectivity index (χ0n) is 13.0. The second kappa shape index (κ2) is 5.60. The molecule has 0 spiro atoms. The van der Waals surface area contributed by atoms with Crippen molar-refractivity contribution < 1.29 is 4.79 Å². The highest BCUT2D eigenvalue weighted by molar-refractivity contribution is 5.87. The quantitative estimate of drug-likeness (QED) is 0.874.